The Hall–Kier alpha value is -0.0400. The third-order valence-electron chi connectivity index (χ3n) is 3.03. The zero-order valence-corrected chi connectivity index (χ0v) is 11.1. The second-order valence-corrected chi connectivity index (χ2v) is 5.12. The van der Waals surface area contributed by atoms with Crippen molar-refractivity contribution in [1.29, 1.82) is 0 Å². The first-order valence-corrected chi connectivity index (χ1v) is 6.63. The van der Waals surface area contributed by atoms with Crippen LogP contribution in [0.25, 0.3) is 0 Å². The van der Waals surface area contributed by atoms with E-state index >= 15 is 0 Å². The van der Waals surface area contributed by atoms with E-state index in [1.807, 2.05) is 0 Å². The molecule has 0 amide bonds. The maximum Gasteiger partial charge on any atom is 0.0600 e. The quantitative estimate of drug-likeness (QED) is 0.605. The third-order valence-corrected chi connectivity index (χ3v) is 3.03. The fourth-order valence-corrected chi connectivity index (χ4v) is 1.99. The maximum atomic E-state index is 9.92. The van der Waals surface area contributed by atoms with E-state index in [4.69, 9.17) is 1.37 Å². The van der Waals surface area contributed by atoms with Crippen LogP contribution in [0.4, 0.5) is 0 Å². The van der Waals surface area contributed by atoms with E-state index in [1.54, 1.807) is 0 Å². The Morgan fingerprint density at radius 2 is 1.80 bits per heavy atom. The zero-order valence-electron chi connectivity index (χ0n) is 12.1. The van der Waals surface area contributed by atoms with Crippen LogP contribution in [0.3, 0.4) is 0 Å². The smallest absolute Gasteiger partial charge is 0.0600 e. The topological polar surface area (TPSA) is 20.2 Å². The minimum atomic E-state index is -1.20. The first kappa shape index (κ1) is 13.0. The van der Waals surface area contributed by atoms with Gasteiger partial charge in [-0.2, -0.15) is 0 Å². The molecular formula is C14H30O. The van der Waals surface area contributed by atoms with Gasteiger partial charge >= 0.3 is 0 Å². The van der Waals surface area contributed by atoms with Crippen molar-refractivity contribution in [1.82, 2.24) is 0 Å². The Bertz CT molecular complexity index is 166. The molecule has 1 N–H and O–H groups in total. The number of hydrogen-bond acceptors (Lipinski definition) is 1. The Morgan fingerprint density at radius 3 is 2.27 bits per heavy atom. The molecule has 0 saturated carbocycles. The summed E-state index contributed by atoms with van der Waals surface area (Å²) in [6.45, 7) is 8.56. The highest BCUT2D eigenvalue weighted by Crippen LogP contribution is 2.21. The van der Waals surface area contributed by atoms with E-state index in [0.29, 0.717) is 24.7 Å². The third kappa shape index (κ3) is 8.92. The standard InChI is InChI=1S/C14H30O/c1-5-7-8-13(6-2)9-10-14(15)11-12(3)4/h12-15H,5-11H2,1-4H3/i14D. The van der Waals surface area contributed by atoms with Crippen molar-refractivity contribution in [3.05, 3.63) is 0 Å². The summed E-state index contributed by atoms with van der Waals surface area (Å²) in [5.74, 6) is 1.10. The lowest BCUT2D eigenvalue weighted by Gasteiger charge is -2.18. The monoisotopic (exact) mass is 215 g/mol. The minimum Gasteiger partial charge on any atom is -0.393 e. The summed E-state index contributed by atoms with van der Waals surface area (Å²) in [5.41, 5.74) is 0. The van der Waals surface area contributed by atoms with Crippen molar-refractivity contribution in [2.75, 3.05) is 0 Å². The van der Waals surface area contributed by atoms with E-state index in [1.165, 1.54) is 25.7 Å². The van der Waals surface area contributed by atoms with Crippen LogP contribution >= 0.6 is 0 Å². The molecule has 0 rings (SSSR count). The SMILES string of the molecule is [2H]C(O)(CCC(CC)CCCC)CC(C)C. The van der Waals surface area contributed by atoms with Gasteiger partial charge in [0.25, 0.3) is 0 Å². The first-order chi connectivity index (χ1) is 7.41. The van der Waals surface area contributed by atoms with E-state index in [0.717, 1.165) is 6.42 Å². The first-order valence-electron chi connectivity index (χ1n) is 7.13. The van der Waals surface area contributed by atoms with Crippen LogP contribution in [0, 0.1) is 11.8 Å². The zero-order chi connectivity index (χ0) is 12.6. The van der Waals surface area contributed by atoms with Gasteiger partial charge in [0, 0.05) is 0 Å². The lowest BCUT2D eigenvalue weighted by molar-refractivity contribution is 0.129. The van der Waals surface area contributed by atoms with Crippen molar-refractivity contribution < 1.29 is 6.48 Å². The van der Waals surface area contributed by atoms with Crippen LogP contribution in [0.1, 0.15) is 74.0 Å². The Balaban J connectivity index is 3.89. The molecule has 0 aromatic carbocycles. The predicted molar refractivity (Wildman–Crippen MR) is 68.0 cm³/mol. The van der Waals surface area contributed by atoms with Gasteiger partial charge in [-0.1, -0.05) is 53.4 Å². The fraction of sp³-hybridized carbons (Fsp3) is 1.00. The second-order valence-electron chi connectivity index (χ2n) is 5.12. The molecule has 0 fully saturated rings. The molecule has 15 heavy (non-hydrogen) atoms. The molecule has 0 aliphatic carbocycles. The van der Waals surface area contributed by atoms with Gasteiger partial charge in [0.2, 0.25) is 0 Å². The molecule has 0 aliphatic rings. The van der Waals surface area contributed by atoms with E-state index in [-0.39, 0.29) is 0 Å². The van der Waals surface area contributed by atoms with Crippen LogP contribution in [-0.4, -0.2) is 11.2 Å². The molecule has 0 saturated heterocycles. The van der Waals surface area contributed by atoms with Crippen molar-refractivity contribution in [3.8, 4) is 0 Å². The van der Waals surface area contributed by atoms with E-state index < -0.39 is 6.08 Å². The van der Waals surface area contributed by atoms with Crippen LogP contribution in [0.15, 0.2) is 0 Å². The number of rotatable bonds is 9. The summed E-state index contributed by atoms with van der Waals surface area (Å²) < 4.78 is 7.86. The molecule has 0 aliphatic heterocycles. The lowest BCUT2D eigenvalue weighted by atomic mass is 9.91. The van der Waals surface area contributed by atoms with Crippen molar-refractivity contribution in [2.24, 2.45) is 11.8 Å². The van der Waals surface area contributed by atoms with Gasteiger partial charge in [-0.15, -0.1) is 0 Å². The fourth-order valence-electron chi connectivity index (χ4n) is 1.99. The molecule has 0 bridgehead atoms. The lowest BCUT2D eigenvalue weighted by Crippen LogP contribution is -2.12. The summed E-state index contributed by atoms with van der Waals surface area (Å²) in [6.07, 6.45) is 5.98. The molecule has 1 nitrogen and oxygen atoms in total. The molecule has 92 valence electrons. The van der Waals surface area contributed by atoms with Crippen molar-refractivity contribution in [3.63, 3.8) is 0 Å². The van der Waals surface area contributed by atoms with E-state index in [9.17, 15) is 5.11 Å². The molecule has 0 radical (unpaired) electrons. The van der Waals surface area contributed by atoms with Crippen molar-refractivity contribution >= 4 is 0 Å². The number of hydrogen-bond donors (Lipinski definition) is 1. The largest absolute Gasteiger partial charge is 0.393 e. The summed E-state index contributed by atoms with van der Waals surface area (Å²) in [6, 6.07) is 0. The molecular weight excluding hydrogens is 184 g/mol. The Morgan fingerprint density at radius 1 is 1.13 bits per heavy atom. The molecule has 1 heteroatoms. The average molecular weight is 215 g/mol. The van der Waals surface area contributed by atoms with Crippen LogP contribution < -0.4 is 0 Å². The summed E-state index contributed by atoms with van der Waals surface area (Å²) in [4.78, 5) is 0. The molecule has 0 aromatic rings. The molecule has 2 unspecified atom stereocenters. The molecule has 0 spiro atoms. The number of unbranched alkanes of at least 4 members (excludes halogenated alkanes) is 1. The average Bonchev–Trinajstić information content (AvgIpc) is 2.16. The highest BCUT2D eigenvalue weighted by Gasteiger charge is 2.11. The van der Waals surface area contributed by atoms with Crippen LogP contribution in [0.2, 0.25) is 0 Å². The Labute approximate surface area is 97.7 Å². The highest BCUT2D eigenvalue weighted by molar-refractivity contribution is 4.63. The Kier molecular flexibility index (Phi) is 7.99. The van der Waals surface area contributed by atoms with Gasteiger partial charge in [-0.25, -0.2) is 0 Å². The summed E-state index contributed by atoms with van der Waals surface area (Å²) in [5, 5.41) is 9.92. The number of aliphatic hydroxyl groups is 1. The summed E-state index contributed by atoms with van der Waals surface area (Å²) >= 11 is 0. The van der Waals surface area contributed by atoms with Gasteiger partial charge in [0.05, 0.1) is 7.45 Å². The van der Waals surface area contributed by atoms with Crippen LogP contribution in [0.5, 0.6) is 0 Å². The maximum absolute atomic E-state index is 9.92. The second kappa shape index (κ2) is 9.21. The minimum absolute atomic E-state index is 0.401. The molecule has 2 atom stereocenters. The van der Waals surface area contributed by atoms with Gasteiger partial charge in [-0.05, 0) is 31.1 Å². The van der Waals surface area contributed by atoms with Crippen LogP contribution in [-0.2, 0) is 0 Å². The predicted octanol–water partition coefficient (Wildman–Crippen LogP) is 4.39. The highest BCUT2D eigenvalue weighted by atomic mass is 16.3. The normalized spacial score (nSPS) is 18.7. The van der Waals surface area contributed by atoms with Gasteiger partial charge in [0.1, 0.15) is 0 Å². The van der Waals surface area contributed by atoms with Gasteiger partial charge in [0.15, 0.2) is 0 Å². The van der Waals surface area contributed by atoms with Gasteiger partial charge in [-0.3, -0.25) is 0 Å². The van der Waals surface area contributed by atoms with Crippen molar-refractivity contribution in [2.45, 2.75) is 78.7 Å². The molecule has 0 heterocycles. The summed E-state index contributed by atoms with van der Waals surface area (Å²) in [7, 11) is 0. The van der Waals surface area contributed by atoms with E-state index in [2.05, 4.69) is 27.7 Å². The molecule has 0 aromatic heterocycles. The van der Waals surface area contributed by atoms with Gasteiger partial charge < -0.3 is 5.11 Å².